The van der Waals surface area contributed by atoms with Crippen molar-refractivity contribution in [3.8, 4) is 22.5 Å². The minimum Gasteiger partial charge on any atom is -0.252 e. The fourth-order valence-electron chi connectivity index (χ4n) is 4.01. The number of fused-ring (bicyclic) bond motifs is 3. The van der Waals surface area contributed by atoms with Crippen LogP contribution in [-0.4, -0.2) is 9.97 Å². The average Bonchev–Trinajstić information content (AvgIpc) is 3.12. The molecular formula is C26H22N2. The Balaban J connectivity index is 1.57. The molecule has 0 aliphatic heterocycles. The zero-order chi connectivity index (χ0) is 19.1. The lowest BCUT2D eigenvalue weighted by Crippen LogP contribution is -2.22. The van der Waals surface area contributed by atoms with Crippen LogP contribution in [0.1, 0.15) is 36.4 Å². The molecule has 2 aromatic heterocycles. The largest absolute Gasteiger partial charge is 0.252 e. The maximum atomic E-state index is 5.11. The molecule has 0 amide bonds. The summed E-state index contributed by atoms with van der Waals surface area (Å²) in [5.74, 6) is 0. The lowest BCUT2D eigenvalue weighted by Gasteiger charge is -2.25. The molecule has 0 saturated carbocycles. The van der Waals surface area contributed by atoms with Gasteiger partial charge in [-0.1, -0.05) is 66.7 Å². The summed E-state index contributed by atoms with van der Waals surface area (Å²) in [7, 11) is 0. The van der Waals surface area contributed by atoms with Crippen molar-refractivity contribution in [3.63, 3.8) is 0 Å². The predicted molar refractivity (Wildman–Crippen MR) is 114 cm³/mol. The third-order valence-corrected chi connectivity index (χ3v) is 5.73. The van der Waals surface area contributed by atoms with Crippen molar-refractivity contribution >= 4 is 0 Å². The van der Waals surface area contributed by atoms with Crippen LogP contribution in [0.3, 0.4) is 0 Å². The third-order valence-electron chi connectivity index (χ3n) is 5.73. The van der Waals surface area contributed by atoms with Crippen molar-refractivity contribution in [1.29, 1.82) is 0 Å². The molecular weight excluding hydrogens is 340 g/mol. The molecule has 2 heteroatoms. The van der Waals surface area contributed by atoms with Crippen molar-refractivity contribution in [2.75, 3.05) is 0 Å². The van der Waals surface area contributed by atoms with E-state index in [2.05, 4.69) is 80.6 Å². The number of benzene rings is 2. The fourth-order valence-corrected chi connectivity index (χ4v) is 4.01. The van der Waals surface area contributed by atoms with Crippen LogP contribution in [-0.2, 0) is 11.8 Å². The van der Waals surface area contributed by atoms with Gasteiger partial charge in [0.2, 0.25) is 0 Å². The first-order valence-corrected chi connectivity index (χ1v) is 9.74. The topological polar surface area (TPSA) is 25.8 Å². The first-order valence-electron chi connectivity index (χ1n) is 9.74. The summed E-state index contributed by atoms with van der Waals surface area (Å²) < 4.78 is 0. The van der Waals surface area contributed by atoms with Crippen LogP contribution in [0.25, 0.3) is 22.5 Å². The van der Waals surface area contributed by atoms with E-state index < -0.39 is 0 Å². The van der Waals surface area contributed by atoms with Crippen LogP contribution in [0.5, 0.6) is 0 Å². The van der Waals surface area contributed by atoms with Gasteiger partial charge in [0.1, 0.15) is 0 Å². The van der Waals surface area contributed by atoms with E-state index in [-0.39, 0.29) is 5.41 Å². The number of pyridine rings is 2. The van der Waals surface area contributed by atoms with Crippen LogP contribution in [0, 0.1) is 0 Å². The Kier molecular flexibility index (Phi) is 3.87. The number of aromatic nitrogens is 2. The molecule has 0 radical (unpaired) electrons. The van der Waals surface area contributed by atoms with Gasteiger partial charge in [0, 0.05) is 23.0 Å². The second-order valence-corrected chi connectivity index (χ2v) is 7.94. The minimum atomic E-state index is -0.280. The Morgan fingerprint density at radius 3 is 2.25 bits per heavy atom. The highest BCUT2D eigenvalue weighted by Crippen LogP contribution is 2.38. The van der Waals surface area contributed by atoms with Gasteiger partial charge < -0.3 is 0 Å². The summed E-state index contributed by atoms with van der Waals surface area (Å²) in [5.41, 5.74) is 9.01. The third kappa shape index (κ3) is 2.73. The molecule has 2 aromatic carbocycles. The van der Waals surface area contributed by atoms with Crippen molar-refractivity contribution < 1.29 is 0 Å². The zero-order valence-corrected chi connectivity index (χ0v) is 16.2. The first-order chi connectivity index (χ1) is 13.6. The van der Waals surface area contributed by atoms with Crippen LogP contribution < -0.4 is 0 Å². The summed E-state index contributed by atoms with van der Waals surface area (Å²) in [5, 5.41) is 0. The monoisotopic (exact) mass is 362 g/mol. The molecule has 0 N–H and O–H groups in total. The molecule has 136 valence electrons. The molecule has 0 saturated heterocycles. The van der Waals surface area contributed by atoms with Crippen LogP contribution >= 0.6 is 0 Å². The van der Waals surface area contributed by atoms with Gasteiger partial charge in [0.15, 0.2) is 0 Å². The Hall–Kier alpha value is -3.26. The highest BCUT2D eigenvalue weighted by atomic mass is 14.8. The summed E-state index contributed by atoms with van der Waals surface area (Å²) in [4.78, 5) is 10.1. The predicted octanol–water partition coefficient (Wildman–Crippen LogP) is 6.04. The molecule has 2 heterocycles. The molecule has 0 spiro atoms. The second kappa shape index (κ2) is 6.42. The van der Waals surface area contributed by atoms with Gasteiger partial charge in [0.25, 0.3) is 0 Å². The molecule has 0 fully saturated rings. The second-order valence-electron chi connectivity index (χ2n) is 7.94. The maximum absolute atomic E-state index is 5.11. The standard InChI is InChI=1S/C26H22N2/c1-26(2,23-14-8-13-22(27-23)18-9-4-3-5-10-18)24-16-15-20-17-19-11-6-7-12-21(19)25(20)28-24/h3-16H,17H2,1-2H3. The maximum Gasteiger partial charge on any atom is 0.0743 e. The molecule has 2 nitrogen and oxygen atoms in total. The summed E-state index contributed by atoms with van der Waals surface area (Å²) in [6, 6.07) is 29.6. The van der Waals surface area contributed by atoms with E-state index in [1.807, 2.05) is 18.2 Å². The van der Waals surface area contributed by atoms with E-state index in [0.717, 1.165) is 34.8 Å². The van der Waals surface area contributed by atoms with E-state index in [0.29, 0.717) is 0 Å². The van der Waals surface area contributed by atoms with E-state index in [4.69, 9.17) is 9.97 Å². The van der Waals surface area contributed by atoms with Gasteiger partial charge in [-0.05, 0) is 43.2 Å². The summed E-state index contributed by atoms with van der Waals surface area (Å²) >= 11 is 0. The van der Waals surface area contributed by atoms with Crippen molar-refractivity contribution in [3.05, 3.63) is 107 Å². The van der Waals surface area contributed by atoms with E-state index in [1.54, 1.807) is 0 Å². The molecule has 0 bridgehead atoms. The molecule has 1 aliphatic rings. The van der Waals surface area contributed by atoms with Gasteiger partial charge in [-0.25, -0.2) is 0 Å². The quantitative estimate of drug-likeness (QED) is 0.391. The van der Waals surface area contributed by atoms with Crippen LogP contribution in [0.2, 0.25) is 0 Å². The molecule has 0 unspecified atom stereocenters. The molecule has 0 atom stereocenters. The van der Waals surface area contributed by atoms with Crippen molar-refractivity contribution in [2.45, 2.75) is 25.7 Å². The van der Waals surface area contributed by atoms with Gasteiger partial charge in [-0.15, -0.1) is 0 Å². The van der Waals surface area contributed by atoms with Gasteiger partial charge in [-0.2, -0.15) is 0 Å². The zero-order valence-electron chi connectivity index (χ0n) is 16.2. The average molecular weight is 362 g/mol. The Bertz CT molecular complexity index is 1160. The van der Waals surface area contributed by atoms with Crippen molar-refractivity contribution in [2.24, 2.45) is 0 Å². The smallest absolute Gasteiger partial charge is 0.0743 e. The lowest BCUT2D eigenvalue weighted by atomic mass is 9.84. The molecule has 4 aromatic rings. The SMILES string of the molecule is CC(C)(c1cccc(-c2ccccc2)n1)c1ccc2c(n1)-c1ccccc1C2. The minimum absolute atomic E-state index is 0.280. The normalized spacial score (nSPS) is 12.5. The van der Waals surface area contributed by atoms with Crippen LogP contribution in [0.15, 0.2) is 84.9 Å². The fraction of sp³-hybridized carbons (Fsp3) is 0.154. The van der Waals surface area contributed by atoms with E-state index >= 15 is 0 Å². The number of hydrogen-bond acceptors (Lipinski definition) is 2. The Morgan fingerprint density at radius 2 is 1.39 bits per heavy atom. The summed E-state index contributed by atoms with van der Waals surface area (Å²) in [6.07, 6.45) is 0.973. The van der Waals surface area contributed by atoms with E-state index in [1.165, 1.54) is 16.7 Å². The summed E-state index contributed by atoms with van der Waals surface area (Å²) in [6.45, 7) is 4.42. The van der Waals surface area contributed by atoms with Crippen LogP contribution in [0.4, 0.5) is 0 Å². The number of hydrogen-bond donors (Lipinski definition) is 0. The molecule has 28 heavy (non-hydrogen) atoms. The lowest BCUT2D eigenvalue weighted by molar-refractivity contribution is 0.596. The first kappa shape index (κ1) is 16.9. The molecule has 5 rings (SSSR count). The van der Waals surface area contributed by atoms with Crippen molar-refractivity contribution in [1.82, 2.24) is 9.97 Å². The van der Waals surface area contributed by atoms with E-state index in [9.17, 15) is 0 Å². The Morgan fingerprint density at radius 1 is 0.643 bits per heavy atom. The van der Waals surface area contributed by atoms with Gasteiger partial charge in [0.05, 0.1) is 22.8 Å². The highest BCUT2D eigenvalue weighted by molar-refractivity contribution is 5.73. The van der Waals surface area contributed by atoms with Gasteiger partial charge in [-0.3, -0.25) is 9.97 Å². The Labute approximate surface area is 165 Å². The number of rotatable bonds is 3. The highest BCUT2D eigenvalue weighted by Gasteiger charge is 2.29. The van der Waals surface area contributed by atoms with Gasteiger partial charge >= 0.3 is 0 Å². The molecule has 1 aliphatic carbocycles. The number of nitrogens with zero attached hydrogens (tertiary/aromatic N) is 2.